The maximum Gasteiger partial charge on any atom is 0.344 e. The van der Waals surface area contributed by atoms with Gasteiger partial charge in [0.2, 0.25) is 0 Å². The molecular weight excluding hydrogens is 244 g/mol. The Kier molecular flexibility index (Phi) is 4.03. The third-order valence-corrected chi connectivity index (χ3v) is 2.46. The summed E-state index contributed by atoms with van der Waals surface area (Å²) < 4.78 is 10.8. The van der Waals surface area contributed by atoms with Crippen molar-refractivity contribution in [3.63, 3.8) is 0 Å². The van der Waals surface area contributed by atoms with Crippen LogP contribution in [0.2, 0.25) is 0 Å². The molecule has 0 aliphatic carbocycles. The molecule has 0 aliphatic heterocycles. The Hall–Kier alpha value is -2.49. The molecule has 19 heavy (non-hydrogen) atoms. The topological polar surface area (TPSA) is 55.8 Å². The summed E-state index contributed by atoms with van der Waals surface area (Å²) in [5.74, 6) is 0.913. The van der Waals surface area contributed by atoms with Crippen LogP contribution in [0.3, 0.4) is 0 Å². The van der Waals surface area contributed by atoms with Crippen molar-refractivity contribution in [2.24, 2.45) is 0 Å². The van der Waals surface area contributed by atoms with Gasteiger partial charge < -0.3 is 14.6 Å². The van der Waals surface area contributed by atoms with Crippen LogP contribution in [0.15, 0.2) is 54.6 Å². The fraction of sp³-hybridized carbons (Fsp3) is 0.133. The Morgan fingerprint density at radius 3 is 2.05 bits per heavy atom. The molecule has 0 unspecified atom stereocenters. The zero-order chi connectivity index (χ0) is 13.7. The fourth-order valence-electron chi connectivity index (χ4n) is 1.47. The van der Waals surface area contributed by atoms with Crippen LogP contribution >= 0.6 is 0 Å². The summed E-state index contributed by atoms with van der Waals surface area (Å²) >= 11 is 0. The second-order valence-electron chi connectivity index (χ2n) is 3.98. The Morgan fingerprint density at radius 2 is 1.47 bits per heavy atom. The predicted molar refractivity (Wildman–Crippen MR) is 70.7 cm³/mol. The minimum absolute atomic E-state index is 0.496. The van der Waals surface area contributed by atoms with Crippen LogP contribution < -0.4 is 9.47 Å². The Labute approximate surface area is 111 Å². The minimum Gasteiger partial charge on any atom is -0.479 e. The molecule has 0 radical (unpaired) electrons. The maximum absolute atomic E-state index is 10.7. The Bertz CT molecular complexity index is 534. The van der Waals surface area contributed by atoms with E-state index in [1.165, 1.54) is 6.92 Å². The van der Waals surface area contributed by atoms with Gasteiger partial charge in [0.05, 0.1) is 0 Å². The zero-order valence-corrected chi connectivity index (χ0v) is 10.4. The molecule has 0 heterocycles. The fourth-order valence-corrected chi connectivity index (χ4v) is 1.47. The molecule has 0 aromatic heterocycles. The molecule has 1 N–H and O–H groups in total. The lowest BCUT2D eigenvalue weighted by Crippen LogP contribution is -2.22. The van der Waals surface area contributed by atoms with Gasteiger partial charge >= 0.3 is 5.97 Å². The van der Waals surface area contributed by atoms with E-state index in [1.807, 2.05) is 30.3 Å². The van der Waals surface area contributed by atoms with Gasteiger partial charge in [-0.25, -0.2) is 4.79 Å². The van der Waals surface area contributed by atoms with E-state index in [4.69, 9.17) is 14.6 Å². The lowest BCUT2D eigenvalue weighted by molar-refractivity contribution is -0.144. The highest BCUT2D eigenvalue weighted by Gasteiger charge is 2.12. The standard InChI is InChI=1S/C15H14O4/c1-11(15(16)17)18-13-7-9-14(10-8-13)19-12-5-3-2-4-6-12/h2-11H,1H3,(H,16,17)/t11-/m0/s1. The first-order chi connectivity index (χ1) is 9.15. The number of hydrogen-bond donors (Lipinski definition) is 1. The average Bonchev–Trinajstić information content (AvgIpc) is 2.42. The van der Waals surface area contributed by atoms with Crippen molar-refractivity contribution >= 4 is 5.97 Å². The minimum atomic E-state index is -0.996. The maximum atomic E-state index is 10.7. The first kappa shape index (κ1) is 13.0. The number of hydrogen-bond acceptors (Lipinski definition) is 3. The molecule has 98 valence electrons. The van der Waals surface area contributed by atoms with Crippen LogP contribution in [0.1, 0.15) is 6.92 Å². The van der Waals surface area contributed by atoms with E-state index in [2.05, 4.69) is 0 Å². The number of aliphatic carboxylic acids is 1. The predicted octanol–water partition coefficient (Wildman–Crippen LogP) is 3.33. The highest BCUT2D eigenvalue weighted by Crippen LogP contribution is 2.23. The second-order valence-corrected chi connectivity index (χ2v) is 3.98. The third kappa shape index (κ3) is 3.74. The number of benzene rings is 2. The van der Waals surface area contributed by atoms with E-state index in [0.717, 1.165) is 5.75 Å². The Balaban J connectivity index is 2.01. The highest BCUT2D eigenvalue weighted by molar-refractivity contribution is 5.72. The number of ether oxygens (including phenoxy) is 2. The van der Waals surface area contributed by atoms with Crippen molar-refractivity contribution in [2.45, 2.75) is 13.0 Å². The summed E-state index contributed by atoms with van der Waals surface area (Å²) in [7, 11) is 0. The van der Waals surface area contributed by atoms with E-state index >= 15 is 0 Å². The van der Waals surface area contributed by atoms with Crippen LogP contribution in [-0.2, 0) is 4.79 Å². The summed E-state index contributed by atoms with van der Waals surface area (Å²) in [6, 6.07) is 16.2. The van der Waals surface area contributed by atoms with Crippen LogP contribution in [0.5, 0.6) is 17.2 Å². The summed E-state index contributed by atoms with van der Waals surface area (Å²) in [5, 5.41) is 8.74. The zero-order valence-electron chi connectivity index (χ0n) is 10.4. The molecule has 0 saturated heterocycles. The summed E-state index contributed by atoms with van der Waals surface area (Å²) in [6.45, 7) is 1.48. The van der Waals surface area contributed by atoms with Crippen LogP contribution in [0.25, 0.3) is 0 Å². The molecule has 0 fully saturated rings. The molecule has 4 heteroatoms. The number of carbonyl (C=O) groups is 1. The number of rotatable bonds is 5. The summed E-state index contributed by atoms with van der Waals surface area (Å²) in [4.78, 5) is 10.7. The van der Waals surface area contributed by atoms with Crippen LogP contribution in [0.4, 0.5) is 0 Å². The van der Waals surface area contributed by atoms with Gasteiger partial charge in [-0.2, -0.15) is 0 Å². The third-order valence-electron chi connectivity index (χ3n) is 2.46. The lowest BCUT2D eigenvalue weighted by atomic mass is 10.3. The van der Waals surface area contributed by atoms with Gasteiger partial charge in [-0.1, -0.05) is 18.2 Å². The van der Waals surface area contributed by atoms with Gasteiger partial charge in [0.15, 0.2) is 6.10 Å². The summed E-state index contributed by atoms with van der Waals surface area (Å²) in [5.41, 5.74) is 0. The van der Waals surface area contributed by atoms with Gasteiger partial charge in [0.1, 0.15) is 17.2 Å². The number of carboxylic acid groups (broad SMARTS) is 1. The lowest BCUT2D eigenvalue weighted by Gasteiger charge is -2.11. The van der Waals surface area contributed by atoms with Gasteiger partial charge in [0, 0.05) is 0 Å². The van der Waals surface area contributed by atoms with Gasteiger partial charge in [-0.3, -0.25) is 0 Å². The largest absolute Gasteiger partial charge is 0.479 e. The van der Waals surface area contributed by atoms with E-state index in [-0.39, 0.29) is 0 Å². The average molecular weight is 258 g/mol. The molecule has 2 aromatic rings. The van der Waals surface area contributed by atoms with Gasteiger partial charge in [0.25, 0.3) is 0 Å². The first-order valence-electron chi connectivity index (χ1n) is 5.87. The molecule has 4 nitrogen and oxygen atoms in total. The number of para-hydroxylation sites is 1. The normalized spacial score (nSPS) is 11.6. The molecule has 2 rings (SSSR count). The molecule has 0 saturated carbocycles. The molecule has 0 spiro atoms. The monoisotopic (exact) mass is 258 g/mol. The van der Waals surface area contributed by atoms with E-state index in [0.29, 0.717) is 11.5 Å². The van der Waals surface area contributed by atoms with E-state index in [1.54, 1.807) is 24.3 Å². The van der Waals surface area contributed by atoms with Crippen molar-refractivity contribution in [3.05, 3.63) is 54.6 Å². The van der Waals surface area contributed by atoms with E-state index in [9.17, 15) is 4.79 Å². The van der Waals surface area contributed by atoms with Gasteiger partial charge in [-0.15, -0.1) is 0 Å². The molecule has 2 aromatic carbocycles. The quantitative estimate of drug-likeness (QED) is 0.893. The van der Waals surface area contributed by atoms with Crippen molar-refractivity contribution in [3.8, 4) is 17.2 Å². The SMILES string of the molecule is C[C@H](Oc1ccc(Oc2ccccc2)cc1)C(=O)O. The van der Waals surface area contributed by atoms with Crippen LogP contribution in [0, 0.1) is 0 Å². The van der Waals surface area contributed by atoms with Crippen molar-refractivity contribution < 1.29 is 19.4 Å². The molecule has 0 amide bonds. The highest BCUT2D eigenvalue weighted by atomic mass is 16.5. The second kappa shape index (κ2) is 5.91. The molecule has 1 atom stereocenters. The Morgan fingerprint density at radius 1 is 0.947 bits per heavy atom. The molecule has 0 aliphatic rings. The van der Waals surface area contributed by atoms with Crippen LogP contribution in [-0.4, -0.2) is 17.2 Å². The first-order valence-corrected chi connectivity index (χ1v) is 5.87. The van der Waals surface area contributed by atoms with Gasteiger partial charge in [-0.05, 0) is 43.3 Å². The van der Waals surface area contributed by atoms with Crippen molar-refractivity contribution in [2.75, 3.05) is 0 Å². The molecular formula is C15H14O4. The smallest absolute Gasteiger partial charge is 0.344 e. The van der Waals surface area contributed by atoms with Crippen molar-refractivity contribution in [1.29, 1.82) is 0 Å². The van der Waals surface area contributed by atoms with Crippen molar-refractivity contribution in [1.82, 2.24) is 0 Å². The molecule has 0 bridgehead atoms. The van der Waals surface area contributed by atoms with E-state index < -0.39 is 12.1 Å². The number of carboxylic acids is 1. The summed E-state index contributed by atoms with van der Waals surface area (Å²) in [6.07, 6.45) is -0.874.